The van der Waals surface area contributed by atoms with E-state index >= 15 is 0 Å². The molecule has 0 N–H and O–H groups in total. The molecule has 3 heterocycles. The molecule has 0 aromatic heterocycles. The molecular weight excluding hydrogens is 218 g/mol. The van der Waals surface area contributed by atoms with Gasteiger partial charge in [0.2, 0.25) is 11.8 Å². The summed E-state index contributed by atoms with van der Waals surface area (Å²) in [5.74, 6) is -0.761. The van der Waals surface area contributed by atoms with Crippen LogP contribution in [0.3, 0.4) is 0 Å². The summed E-state index contributed by atoms with van der Waals surface area (Å²) in [5, 5.41) is 0. The third-order valence-corrected chi connectivity index (χ3v) is 4.26. The minimum Gasteiger partial charge on any atom is -0.359 e. The number of hydrogen-bond donors (Lipinski definition) is 0. The Hall–Kier alpha value is -1.16. The molecule has 0 aromatic carbocycles. The van der Waals surface area contributed by atoms with E-state index in [0.29, 0.717) is 6.54 Å². The number of ether oxygens (including phenoxy) is 1. The van der Waals surface area contributed by atoms with E-state index in [2.05, 4.69) is 0 Å². The van der Waals surface area contributed by atoms with E-state index in [0.717, 1.165) is 6.42 Å². The van der Waals surface area contributed by atoms with Gasteiger partial charge in [-0.2, -0.15) is 0 Å². The Morgan fingerprint density at radius 2 is 1.65 bits per heavy atom. The lowest BCUT2D eigenvalue weighted by Gasteiger charge is -2.25. The third-order valence-electron chi connectivity index (χ3n) is 4.26. The van der Waals surface area contributed by atoms with Crippen molar-refractivity contribution in [1.29, 1.82) is 0 Å². The van der Waals surface area contributed by atoms with Crippen LogP contribution in [0.25, 0.3) is 0 Å². The van der Waals surface area contributed by atoms with Gasteiger partial charge in [-0.05, 0) is 20.3 Å². The highest BCUT2D eigenvalue weighted by Gasteiger charge is 2.70. The van der Waals surface area contributed by atoms with Gasteiger partial charge in [0.15, 0.2) is 0 Å². The molecule has 2 bridgehead atoms. The SMILES string of the molecule is CCCN1C(=O)[C@@H]2[C@H](C1=O)C1(C)C=CC2(C)O1. The van der Waals surface area contributed by atoms with Crippen molar-refractivity contribution in [1.82, 2.24) is 4.90 Å². The van der Waals surface area contributed by atoms with Crippen molar-refractivity contribution in [3.8, 4) is 0 Å². The van der Waals surface area contributed by atoms with Crippen LogP contribution in [0.5, 0.6) is 0 Å². The Bertz CT molecular complexity index is 408. The normalized spacial score (nSPS) is 47.1. The Labute approximate surface area is 101 Å². The fourth-order valence-corrected chi connectivity index (χ4v) is 3.53. The topological polar surface area (TPSA) is 46.6 Å². The van der Waals surface area contributed by atoms with Crippen molar-refractivity contribution in [3.05, 3.63) is 12.2 Å². The second kappa shape index (κ2) is 2.99. The first-order chi connectivity index (χ1) is 7.93. The Morgan fingerprint density at radius 1 is 1.18 bits per heavy atom. The highest BCUT2D eigenvalue weighted by molar-refractivity contribution is 6.07. The van der Waals surface area contributed by atoms with Crippen LogP contribution in [-0.4, -0.2) is 34.5 Å². The van der Waals surface area contributed by atoms with Gasteiger partial charge < -0.3 is 4.74 Å². The summed E-state index contributed by atoms with van der Waals surface area (Å²) >= 11 is 0. The molecule has 4 atom stereocenters. The zero-order valence-electron chi connectivity index (χ0n) is 10.4. The van der Waals surface area contributed by atoms with Gasteiger partial charge in [0.05, 0.1) is 23.0 Å². The van der Waals surface area contributed by atoms with Crippen LogP contribution in [0.1, 0.15) is 27.2 Å². The monoisotopic (exact) mass is 235 g/mol. The Morgan fingerprint density at radius 3 is 2.06 bits per heavy atom. The van der Waals surface area contributed by atoms with Crippen LogP contribution in [0.4, 0.5) is 0 Å². The lowest BCUT2D eigenvalue weighted by atomic mass is 9.73. The average Bonchev–Trinajstić information content (AvgIpc) is 2.78. The summed E-state index contributed by atoms with van der Waals surface area (Å²) in [7, 11) is 0. The minimum atomic E-state index is -0.589. The van der Waals surface area contributed by atoms with Crippen LogP contribution < -0.4 is 0 Å². The van der Waals surface area contributed by atoms with E-state index in [1.807, 2.05) is 32.9 Å². The molecule has 0 aromatic rings. The zero-order chi connectivity index (χ0) is 12.4. The number of amides is 2. The molecule has 2 saturated heterocycles. The number of rotatable bonds is 2. The van der Waals surface area contributed by atoms with Gasteiger partial charge in [0, 0.05) is 6.54 Å². The maximum absolute atomic E-state index is 12.3. The number of likely N-dealkylation sites (tertiary alicyclic amines) is 1. The first-order valence-corrected chi connectivity index (χ1v) is 6.19. The first-order valence-electron chi connectivity index (χ1n) is 6.19. The molecule has 92 valence electrons. The van der Waals surface area contributed by atoms with Gasteiger partial charge in [-0.1, -0.05) is 19.1 Å². The quantitative estimate of drug-likeness (QED) is 0.532. The molecular formula is C13H17NO3. The van der Waals surface area contributed by atoms with E-state index in [9.17, 15) is 9.59 Å². The van der Waals surface area contributed by atoms with E-state index in [-0.39, 0.29) is 23.7 Å². The molecule has 0 aliphatic carbocycles. The third kappa shape index (κ3) is 1.12. The number of imide groups is 1. The summed E-state index contributed by atoms with van der Waals surface area (Å²) < 4.78 is 5.90. The molecule has 2 amide bonds. The molecule has 3 aliphatic rings. The van der Waals surface area contributed by atoms with Crippen LogP contribution in [0, 0.1) is 11.8 Å². The van der Waals surface area contributed by atoms with E-state index in [1.54, 1.807) is 0 Å². The van der Waals surface area contributed by atoms with Crippen molar-refractivity contribution in [2.75, 3.05) is 6.54 Å². The van der Waals surface area contributed by atoms with Gasteiger partial charge in [-0.15, -0.1) is 0 Å². The van der Waals surface area contributed by atoms with Crippen molar-refractivity contribution in [2.24, 2.45) is 11.8 Å². The fourth-order valence-electron chi connectivity index (χ4n) is 3.53. The van der Waals surface area contributed by atoms with E-state index in [4.69, 9.17) is 4.74 Å². The minimum absolute atomic E-state index is 0.0579. The molecule has 4 nitrogen and oxygen atoms in total. The van der Waals surface area contributed by atoms with Gasteiger partial charge in [0.1, 0.15) is 0 Å². The highest BCUT2D eigenvalue weighted by Crippen LogP contribution is 2.56. The lowest BCUT2D eigenvalue weighted by Crippen LogP contribution is -2.39. The maximum atomic E-state index is 12.3. The largest absolute Gasteiger partial charge is 0.359 e. The van der Waals surface area contributed by atoms with Gasteiger partial charge in [-0.25, -0.2) is 0 Å². The summed E-state index contributed by atoms with van der Waals surface area (Å²) in [6, 6.07) is 0. The van der Waals surface area contributed by atoms with Gasteiger partial charge in [-0.3, -0.25) is 14.5 Å². The molecule has 0 spiro atoms. The first kappa shape index (κ1) is 11.0. The van der Waals surface area contributed by atoms with Crippen LogP contribution in [-0.2, 0) is 14.3 Å². The maximum Gasteiger partial charge on any atom is 0.236 e. The number of carbonyl (C=O) groups excluding carboxylic acids is 2. The van der Waals surface area contributed by atoms with E-state index < -0.39 is 11.2 Å². The van der Waals surface area contributed by atoms with E-state index in [1.165, 1.54) is 4.90 Å². The second-order valence-corrected chi connectivity index (χ2v) is 5.59. The number of fused-ring (bicyclic) bond motifs is 5. The Kier molecular flexibility index (Phi) is 1.93. The van der Waals surface area contributed by atoms with Crippen LogP contribution >= 0.6 is 0 Å². The summed E-state index contributed by atoms with van der Waals surface area (Å²) in [4.78, 5) is 26.0. The molecule has 3 aliphatic heterocycles. The fraction of sp³-hybridized carbons (Fsp3) is 0.692. The predicted molar refractivity (Wildman–Crippen MR) is 61.0 cm³/mol. The van der Waals surface area contributed by atoms with Crippen LogP contribution in [0.15, 0.2) is 12.2 Å². The molecule has 3 rings (SSSR count). The van der Waals surface area contributed by atoms with Gasteiger partial charge >= 0.3 is 0 Å². The second-order valence-electron chi connectivity index (χ2n) is 5.59. The van der Waals surface area contributed by atoms with Crippen molar-refractivity contribution >= 4 is 11.8 Å². The summed E-state index contributed by atoms with van der Waals surface area (Å²) in [6.45, 7) is 6.30. The zero-order valence-corrected chi connectivity index (χ0v) is 10.4. The molecule has 2 fully saturated rings. The van der Waals surface area contributed by atoms with Gasteiger partial charge in [0.25, 0.3) is 0 Å². The smallest absolute Gasteiger partial charge is 0.236 e. The predicted octanol–water partition coefficient (Wildman–Crippen LogP) is 1.11. The van der Waals surface area contributed by atoms with Crippen LogP contribution in [0.2, 0.25) is 0 Å². The van der Waals surface area contributed by atoms with Crippen molar-refractivity contribution in [2.45, 2.75) is 38.4 Å². The van der Waals surface area contributed by atoms with Crippen molar-refractivity contribution in [3.63, 3.8) is 0 Å². The summed E-state index contributed by atoms with van der Waals surface area (Å²) in [5.41, 5.74) is -1.18. The lowest BCUT2D eigenvalue weighted by molar-refractivity contribution is -0.146. The molecule has 17 heavy (non-hydrogen) atoms. The number of hydrogen-bond acceptors (Lipinski definition) is 3. The molecule has 0 saturated carbocycles. The Balaban J connectivity index is 2.04. The molecule has 4 heteroatoms. The number of carbonyl (C=O) groups is 2. The molecule has 0 radical (unpaired) electrons. The van der Waals surface area contributed by atoms with Crippen molar-refractivity contribution < 1.29 is 14.3 Å². The molecule has 2 unspecified atom stereocenters. The number of nitrogens with zero attached hydrogens (tertiary/aromatic N) is 1. The average molecular weight is 235 g/mol. The summed E-state index contributed by atoms with van der Waals surface area (Å²) in [6.07, 6.45) is 4.68. The highest BCUT2D eigenvalue weighted by atomic mass is 16.5. The standard InChI is InChI=1S/C13H17NO3/c1-4-7-14-10(15)8-9(11(14)16)13(3)6-5-12(8,2)17-13/h5-6,8-9H,4,7H2,1-3H3/t8-,9+,12?,13?.